The van der Waals surface area contributed by atoms with E-state index >= 15 is 0 Å². The summed E-state index contributed by atoms with van der Waals surface area (Å²) < 4.78 is 0. The normalized spacial score (nSPS) is 10.3. The molecule has 3 heteroatoms. The molecule has 0 fully saturated rings. The number of carboxylic acid groups (broad SMARTS) is 1. The minimum absolute atomic E-state index is 0.330. The van der Waals surface area contributed by atoms with Crippen LogP contribution in [0.3, 0.4) is 0 Å². The monoisotopic (exact) mass is 232 g/mol. The molecule has 0 saturated heterocycles. The molecule has 0 aliphatic carbocycles. The molecule has 0 saturated carbocycles. The fourth-order valence-electron chi connectivity index (χ4n) is 1.49. The Morgan fingerprint density at radius 1 is 1.31 bits per heavy atom. The predicted octanol–water partition coefficient (Wildman–Crippen LogP) is 3.68. The second kappa shape index (κ2) is 4.49. The van der Waals surface area contributed by atoms with E-state index in [1.54, 1.807) is 23.5 Å². The summed E-state index contributed by atoms with van der Waals surface area (Å²) in [6.45, 7) is 2.12. The van der Waals surface area contributed by atoms with Crippen molar-refractivity contribution in [3.8, 4) is 10.4 Å². The molecule has 2 rings (SSSR count). The van der Waals surface area contributed by atoms with Gasteiger partial charge in [-0.15, -0.1) is 11.3 Å². The third kappa shape index (κ3) is 2.14. The highest BCUT2D eigenvalue weighted by Crippen LogP contribution is 2.27. The van der Waals surface area contributed by atoms with Crippen LogP contribution in [0.5, 0.6) is 0 Å². The summed E-state index contributed by atoms with van der Waals surface area (Å²) in [6, 6.07) is 9.15. The van der Waals surface area contributed by atoms with Crippen molar-refractivity contribution in [2.45, 2.75) is 13.3 Å². The molecule has 0 bridgehead atoms. The average Bonchev–Trinajstić information content (AvgIpc) is 2.77. The first kappa shape index (κ1) is 10.9. The highest BCUT2D eigenvalue weighted by molar-refractivity contribution is 7.13. The Bertz CT molecular complexity index is 497. The number of thiophene rings is 1. The van der Waals surface area contributed by atoms with Crippen LogP contribution in [0.4, 0.5) is 0 Å². The summed E-state index contributed by atoms with van der Waals surface area (Å²) in [5, 5.41) is 10.9. The van der Waals surface area contributed by atoms with Gasteiger partial charge in [0.05, 0.1) is 5.56 Å². The van der Waals surface area contributed by atoms with E-state index in [4.69, 9.17) is 5.11 Å². The van der Waals surface area contributed by atoms with Crippen LogP contribution in [-0.2, 0) is 6.42 Å². The van der Waals surface area contributed by atoms with Crippen LogP contribution < -0.4 is 0 Å². The van der Waals surface area contributed by atoms with E-state index in [-0.39, 0.29) is 0 Å². The number of carboxylic acids is 1. The van der Waals surface area contributed by atoms with Gasteiger partial charge in [-0.2, -0.15) is 0 Å². The van der Waals surface area contributed by atoms with Crippen molar-refractivity contribution in [2.75, 3.05) is 0 Å². The molecule has 16 heavy (non-hydrogen) atoms. The maximum Gasteiger partial charge on any atom is 0.335 e. The number of hydrogen-bond acceptors (Lipinski definition) is 2. The maximum atomic E-state index is 10.7. The second-order valence-electron chi connectivity index (χ2n) is 3.56. The van der Waals surface area contributed by atoms with Crippen molar-refractivity contribution in [1.82, 2.24) is 0 Å². The minimum Gasteiger partial charge on any atom is -0.478 e. The second-order valence-corrected chi connectivity index (χ2v) is 4.47. The van der Waals surface area contributed by atoms with E-state index in [0.717, 1.165) is 12.0 Å². The van der Waals surface area contributed by atoms with Gasteiger partial charge in [0.2, 0.25) is 0 Å². The first-order valence-corrected chi connectivity index (χ1v) is 6.00. The number of benzene rings is 1. The molecule has 0 spiro atoms. The van der Waals surface area contributed by atoms with Crippen LogP contribution >= 0.6 is 11.3 Å². The molecule has 0 aliphatic rings. The van der Waals surface area contributed by atoms with Crippen LogP contribution in [0.1, 0.15) is 22.8 Å². The lowest BCUT2D eigenvalue weighted by atomic mass is 10.1. The van der Waals surface area contributed by atoms with Gasteiger partial charge in [-0.25, -0.2) is 4.79 Å². The van der Waals surface area contributed by atoms with Gasteiger partial charge in [-0.3, -0.25) is 0 Å². The Labute approximate surface area is 98.2 Å². The Morgan fingerprint density at radius 2 is 2.00 bits per heavy atom. The number of hydrogen-bond donors (Lipinski definition) is 1. The van der Waals surface area contributed by atoms with Crippen LogP contribution in [0.2, 0.25) is 0 Å². The molecule has 1 N–H and O–H groups in total. The largest absolute Gasteiger partial charge is 0.478 e. The van der Waals surface area contributed by atoms with Crippen molar-refractivity contribution >= 4 is 17.3 Å². The van der Waals surface area contributed by atoms with Gasteiger partial charge in [0.1, 0.15) is 0 Å². The SMILES string of the molecule is CCc1csc(-c2ccc(C(=O)O)cc2)c1. The van der Waals surface area contributed by atoms with Crippen molar-refractivity contribution in [3.05, 3.63) is 46.8 Å². The summed E-state index contributed by atoms with van der Waals surface area (Å²) in [5.74, 6) is -0.882. The zero-order chi connectivity index (χ0) is 11.5. The quantitative estimate of drug-likeness (QED) is 0.876. The van der Waals surface area contributed by atoms with E-state index < -0.39 is 5.97 Å². The third-order valence-electron chi connectivity index (χ3n) is 2.48. The fraction of sp³-hybridized carbons (Fsp3) is 0.154. The first-order chi connectivity index (χ1) is 7.70. The first-order valence-electron chi connectivity index (χ1n) is 5.12. The summed E-state index contributed by atoms with van der Waals surface area (Å²) in [5.41, 5.74) is 2.73. The maximum absolute atomic E-state index is 10.7. The standard InChI is InChI=1S/C13H12O2S/c1-2-9-7-12(16-8-9)10-3-5-11(6-4-10)13(14)15/h3-8H,2H2,1H3,(H,14,15). The molecule has 0 atom stereocenters. The summed E-state index contributed by atoms with van der Waals surface area (Å²) >= 11 is 1.69. The third-order valence-corrected chi connectivity index (χ3v) is 3.51. The van der Waals surface area contributed by atoms with Crippen molar-refractivity contribution < 1.29 is 9.90 Å². The molecule has 1 aromatic carbocycles. The highest BCUT2D eigenvalue weighted by Gasteiger charge is 2.04. The van der Waals surface area contributed by atoms with Gasteiger partial charge in [-0.1, -0.05) is 19.1 Å². The zero-order valence-electron chi connectivity index (χ0n) is 8.93. The van der Waals surface area contributed by atoms with E-state index in [0.29, 0.717) is 5.56 Å². The van der Waals surface area contributed by atoms with E-state index in [1.165, 1.54) is 10.4 Å². The van der Waals surface area contributed by atoms with Gasteiger partial charge in [0.15, 0.2) is 0 Å². The van der Waals surface area contributed by atoms with Crippen LogP contribution in [0.15, 0.2) is 35.7 Å². The number of aryl methyl sites for hydroxylation is 1. The molecule has 1 heterocycles. The van der Waals surface area contributed by atoms with Crippen molar-refractivity contribution in [3.63, 3.8) is 0 Å². The fourth-order valence-corrected chi connectivity index (χ4v) is 2.49. The van der Waals surface area contributed by atoms with Gasteiger partial charge in [-0.05, 0) is 41.1 Å². The van der Waals surface area contributed by atoms with Crippen LogP contribution in [0.25, 0.3) is 10.4 Å². The molecule has 2 nitrogen and oxygen atoms in total. The molecule has 0 aliphatic heterocycles. The van der Waals surface area contributed by atoms with Crippen LogP contribution in [-0.4, -0.2) is 11.1 Å². The highest BCUT2D eigenvalue weighted by atomic mass is 32.1. The van der Waals surface area contributed by atoms with Gasteiger partial charge in [0, 0.05) is 4.88 Å². The summed E-state index contributed by atoms with van der Waals surface area (Å²) in [6.07, 6.45) is 1.03. The van der Waals surface area contributed by atoms with Crippen molar-refractivity contribution in [1.29, 1.82) is 0 Å². The molecule has 2 aromatic rings. The lowest BCUT2D eigenvalue weighted by Crippen LogP contribution is -1.94. The summed E-state index contributed by atoms with van der Waals surface area (Å²) in [7, 11) is 0. The zero-order valence-corrected chi connectivity index (χ0v) is 9.75. The topological polar surface area (TPSA) is 37.3 Å². The smallest absolute Gasteiger partial charge is 0.335 e. The number of carbonyl (C=O) groups is 1. The van der Waals surface area contributed by atoms with Gasteiger partial charge in [0.25, 0.3) is 0 Å². The molecule has 0 amide bonds. The minimum atomic E-state index is -0.882. The Balaban J connectivity index is 2.30. The molecule has 0 unspecified atom stereocenters. The van der Waals surface area contributed by atoms with E-state index in [9.17, 15) is 4.79 Å². The summed E-state index contributed by atoms with van der Waals surface area (Å²) in [4.78, 5) is 11.9. The molecular formula is C13H12O2S. The Morgan fingerprint density at radius 3 is 2.50 bits per heavy atom. The Kier molecular flexibility index (Phi) is 3.06. The van der Waals surface area contributed by atoms with Gasteiger partial charge >= 0.3 is 5.97 Å². The molecule has 82 valence electrons. The van der Waals surface area contributed by atoms with E-state index in [2.05, 4.69) is 18.4 Å². The molecule has 1 aromatic heterocycles. The molecule has 0 radical (unpaired) electrons. The van der Waals surface area contributed by atoms with Crippen LogP contribution in [0, 0.1) is 0 Å². The predicted molar refractivity (Wildman–Crippen MR) is 66.1 cm³/mol. The van der Waals surface area contributed by atoms with Crippen molar-refractivity contribution in [2.24, 2.45) is 0 Å². The van der Waals surface area contributed by atoms with Gasteiger partial charge < -0.3 is 5.11 Å². The average molecular weight is 232 g/mol. The number of aromatic carboxylic acids is 1. The lowest BCUT2D eigenvalue weighted by Gasteiger charge is -1.98. The molecular weight excluding hydrogens is 220 g/mol. The van der Waals surface area contributed by atoms with E-state index in [1.807, 2.05) is 12.1 Å². The lowest BCUT2D eigenvalue weighted by molar-refractivity contribution is 0.0697. The number of rotatable bonds is 3. The Hall–Kier alpha value is -1.61.